The molecule has 0 saturated carbocycles. The van der Waals surface area contributed by atoms with Gasteiger partial charge in [0, 0.05) is 30.3 Å². The molecule has 2 aliphatic heterocycles. The number of H-pyrrole nitrogens is 1. The van der Waals surface area contributed by atoms with Crippen molar-refractivity contribution in [2.24, 2.45) is 0 Å². The van der Waals surface area contributed by atoms with Gasteiger partial charge in [-0.05, 0) is 49.8 Å². The van der Waals surface area contributed by atoms with Crippen molar-refractivity contribution in [2.75, 3.05) is 19.9 Å². The quantitative estimate of drug-likeness (QED) is 0.846. The number of piperidine rings is 1. The fourth-order valence-electron chi connectivity index (χ4n) is 4.46. The molecule has 3 aliphatic rings. The molecule has 1 fully saturated rings. The van der Waals surface area contributed by atoms with E-state index in [2.05, 4.69) is 10.2 Å². The summed E-state index contributed by atoms with van der Waals surface area (Å²) in [5, 5.41) is 18.0. The van der Waals surface area contributed by atoms with Crippen LogP contribution in [-0.4, -0.2) is 52.1 Å². The van der Waals surface area contributed by atoms with E-state index in [9.17, 15) is 9.90 Å². The first kappa shape index (κ1) is 16.6. The normalized spacial score (nSPS) is 24.0. The first-order valence-corrected chi connectivity index (χ1v) is 9.63. The topological polar surface area (TPSA) is 87.7 Å². The van der Waals surface area contributed by atoms with Gasteiger partial charge in [0.2, 0.25) is 6.79 Å². The molecule has 2 aromatic rings. The summed E-state index contributed by atoms with van der Waals surface area (Å²) < 4.78 is 10.8. The van der Waals surface area contributed by atoms with Crippen LogP contribution in [0, 0.1) is 0 Å². The maximum absolute atomic E-state index is 13.0. The highest BCUT2D eigenvalue weighted by atomic mass is 16.7. The molecule has 7 nitrogen and oxygen atoms in total. The Hall–Kier alpha value is -2.54. The van der Waals surface area contributed by atoms with Crippen LogP contribution in [0.3, 0.4) is 0 Å². The molecule has 142 valence electrons. The molecular formula is C20H23N3O4. The minimum Gasteiger partial charge on any atom is -0.454 e. The molecule has 0 bridgehead atoms. The number of β-amino-alcohol motifs (C(OH)–C–C–N with tert-alkyl or cyclic N) is 1. The first-order chi connectivity index (χ1) is 13.2. The summed E-state index contributed by atoms with van der Waals surface area (Å²) in [7, 11) is 0. The molecule has 27 heavy (non-hydrogen) atoms. The fraction of sp³-hybridized carbons (Fsp3) is 0.500. The lowest BCUT2D eigenvalue weighted by Gasteiger charge is -2.36. The molecule has 7 heteroatoms. The summed E-state index contributed by atoms with van der Waals surface area (Å²) in [6.07, 6.45) is 4.20. The number of aliphatic hydroxyl groups excluding tert-OH is 1. The molecule has 0 spiro atoms. The largest absolute Gasteiger partial charge is 0.454 e. The van der Waals surface area contributed by atoms with E-state index in [1.165, 1.54) is 0 Å². The summed E-state index contributed by atoms with van der Waals surface area (Å²) in [6, 6.07) is 5.80. The Morgan fingerprint density at radius 2 is 2.07 bits per heavy atom. The lowest BCUT2D eigenvalue weighted by atomic mass is 9.86. The van der Waals surface area contributed by atoms with Gasteiger partial charge in [-0.15, -0.1) is 0 Å². The predicted octanol–water partition coefficient (Wildman–Crippen LogP) is 2.01. The van der Waals surface area contributed by atoms with Crippen LogP contribution < -0.4 is 9.47 Å². The number of carbonyl (C=O) groups is 1. The van der Waals surface area contributed by atoms with E-state index >= 15 is 0 Å². The van der Waals surface area contributed by atoms with Crippen molar-refractivity contribution in [1.29, 1.82) is 0 Å². The van der Waals surface area contributed by atoms with Crippen molar-refractivity contribution in [2.45, 2.75) is 44.1 Å². The van der Waals surface area contributed by atoms with Gasteiger partial charge in [-0.2, -0.15) is 5.10 Å². The molecule has 2 N–H and O–H groups in total. The molecule has 2 atom stereocenters. The van der Waals surface area contributed by atoms with E-state index in [0.717, 1.165) is 54.0 Å². The number of aromatic nitrogens is 2. The van der Waals surface area contributed by atoms with Crippen molar-refractivity contribution in [3.05, 3.63) is 40.7 Å². The highest BCUT2D eigenvalue weighted by molar-refractivity contribution is 5.94. The van der Waals surface area contributed by atoms with E-state index < -0.39 is 6.10 Å². The van der Waals surface area contributed by atoms with Gasteiger partial charge in [-0.25, -0.2) is 0 Å². The van der Waals surface area contributed by atoms with E-state index in [0.29, 0.717) is 25.2 Å². The zero-order valence-electron chi connectivity index (χ0n) is 15.1. The van der Waals surface area contributed by atoms with Crippen LogP contribution in [-0.2, 0) is 12.8 Å². The van der Waals surface area contributed by atoms with E-state index in [4.69, 9.17) is 9.47 Å². The Labute approximate surface area is 157 Å². The molecular weight excluding hydrogens is 346 g/mol. The van der Waals surface area contributed by atoms with Gasteiger partial charge in [0.05, 0.1) is 6.10 Å². The number of aryl methyl sites for hydroxylation is 1. The van der Waals surface area contributed by atoms with Gasteiger partial charge in [-0.3, -0.25) is 9.89 Å². The number of aromatic amines is 1. The molecule has 1 saturated heterocycles. The van der Waals surface area contributed by atoms with Crippen LogP contribution in [0.4, 0.5) is 0 Å². The number of hydrogen-bond donors (Lipinski definition) is 2. The van der Waals surface area contributed by atoms with Crippen molar-refractivity contribution < 1.29 is 19.4 Å². The lowest BCUT2D eigenvalue weighted by Crippen LogP contribution is -2.46. The zero-order valence-corrected chi connectivity index (χ0v) is 15.1. The van der Waals surface area contributed by atoms with Gasteiger partial charge in [0.25, 0.3) is 5.91 Å². The number of aliphatic hydroxyl groups is 1. The molecule has 1 aromatic heterocycles. The van der Waals surface area contributed by atoms with E-state index in [1.807, 2.05) is 18.2 Å². The van der Waals surface area contributed by atoms with Gasteiger partial charge in [-0.1, -0.05) is 6.07 Å². The second-order valence-corrected chi connectivity index (χ2v) is 7.56. The maximum atomic E-state index is 13.0. The Bertz CT molecular complexity index is 878. The summed E-state index contributed by atoms with van der Waals surface area (Å²) in [5.74, 6) is 1.37. The molecule has 0 radical (unpaired) electrons. The summed E-state index contributed by atoms with van der Waals surface area (Å²) in [5.41, 5.74) is 3.73. The number of nitrogens with zero attached hydrogens (tertiary/aromatic N) is 2. The second kappa shape index (κ2) is 6.56. The third-order valence-corrected chi connectivity index (χ3v) is 5.95. The van der Waals surface area contributed by atoms with Gasteiger partial charge < -0.3 is 19.5 Å². The van der Waals surface area contributed by atoms with Gasteiger partial charge in [0.15, 0.2) is 17.2 Å². The second-order valence-electron chi connectivity index (χ2n) is 7.56. The fourth-order valence-corrected chi connectivity index (χ4v) is 4.46. The number of rotatable bonds is 2. The number of ether oxygens (including phenoxy) is 2. The molecule has 1 aromatic carbocycles. The molecule has 5 rings (SSSR count). The number of likely N-dealkylation sites (tertiary alicyclic amines) is 1. The number of carbonyl (C=O) groups excluding carboxylic acids is 1. The average molecular weight is 369 g/mol. The smallest absolute Gasteiger partial charge is 0.274 e. The Balaban J connectivity index is 1.31. The zero-order chi connectivity index (χ0) is 18.4. The number of nitrogens with one attached hydrogen (secondary N) is 1. The monoisotopic (exact) mass is 369 g/mol. The van der Waals surface area contributed by atoms with Crippen LogP contribution in [0.15, 0.2) is 18.2 Å². The van der Waals surface area contributed by atoms with Crippen molar-refractivity contribution in [3.63, 3.8) is 0 Å². The van der Waals surface area contributed by atoms with Crippen LogP contribution >= 0.6 is 0 Å². The predicted molar refractivity (Wildman–Crippen MR) is 97.1 cm³/mol. The molecule has 3 heterocycles. The minimum atomic E-state index is -0.613. The van der Waals surface area contributed by atoms with Crippen molar-refractivity contribution in [1.82, 2.24) is 15.1 Å². The standard InChI is InChI=1S/C20H23N3O4/c24-16-10-23(20(25)19-14-3-1-2-4-15(14)21-22-19)8-7-13(16)12-5-6-17-18(9-12)27-11-26-17/h5-6,9,13,16,24H,1-4,7-8,10-11H2,(H,21,22)/t13-,16+/m0/s1. The lowest BCUT2D eigenvalue weighted by molar-refractivity contribution is 0.0376. The SMILES string of the molecule is O=C(c1n[nH]c2c1CCCC2)N1CC[C@@H](c2ccc3c(c2)OCO3)[C@H](O)C1. The van der Waals surface area contributed by atoms with Crippen LogP contribution in [0.1, 0.15) is 52.5 Å². The number of hydrogen-bond acceptors (Lipinski definition) is 5. The average Bonchev–Trinajstić information content (AvgIpc) is 3.33. The molecule has 1 amide bonds. The number of benzene rings is 1. The summed E-state index contributed by atoms with van der Waals surface area (Å²) >= 11 is 0. The molecule has 1 aliphatic carbocycles. The highest BCUT2D eigenvalue weighted by Crippen LogP contribution is 2.37. The van der Waals surface area contributed by atoms with E-state index in [-0.39, 0.29) is 18.6 Å². The summed E-state index contributed by atoms with van der Waals surface area (Å²) in [6.45, 7) is 1.17. The van der Waals surface area contributed by atoms with Crippen LogP contribution in [0.5, 0.6) is 11.5 Å². The Morgan fingerprint density at radius 3 is 2.96 bits per heavy atom. The van der Waals surface area contributed by atoms with Crippen LogP contribution in [0.25, 0.3) is 0 Å². The first-order valence-electron chi connectivity index (χ1n) is 9.63. The molecule has 0 unspecified atom stereocenters. The van der Waals surface area contributed by atoms with Gasteiger partial charge in [0.1, 0.15) is 0 Å². The van der Waals surface area contributed by atoms with Crippen molar-refractivity contribution in [3.8, 4) is 11.5 Å². The highest BCUT2D eigenvalue weighted by Gasteiger charge is 2.34. The van der Waals surface area contributed by atoms with Crippen molar-refractivity contribution >= 4 is 5.91 Å². The van der Waals surface area contributed by atoms with Gasteiger partial charge >= 0.3 is 0 Å². The third kappa shape index (κ3) is 2.86. The Morgan fingerprint density at radius 1 is 1.22 bits per heavy atom. The minimum absolute atomic E-state index is 0.0170. The summed E-state index contributed by atoms with van der Waals surface area (Å²) in [4.78, 5) is 14.7. The number of amides is 1. The Kier molecular flexibility index (Phi) is 4.04. The maximum Gasteiger partial charge on any atom is 0.274 e. The number of fused-ring (bicyclic) bond motifs is 2. The van der Waals surface area contributed by atoms with E-state index in [1.54, 1.807) is 4.90 Å². The third-order valence-electron chi connectivity index (χ3n) is 5.95. The van der Waals surface area contributed by atoms with Crippen LogP contribution in [0.2, 0.25) is 0 Å².